The molecule has 2 fully saturated rings. The summed E-state index contributed by atoms with van der Waals surface area (Å²) < 4.78 is 39.3. The van der Waals surface area contributed by atoms with E-state index in [0.717, 1.165) is 12.1 Å². The number of benzene rings is 2. The zero-order valence-electron chi connectivity index (χ0n) is 15.6. The summed E-state index contributed by atoms with van der Waals surface area (Å²) in [6.07, 6.45) is -2.77. The van der Waals surface area contributed by atoms with E-state index < -0.39 is 36.0 Å². The summed E-state index contributed by atoms with van der Waals surface area (Å²) in [5, 5.41) is 18.2. The van der Waals surface area contributed by atoms with Gasteiger partial charge in [-0.15, -0.1) is 0 Å². The van der Waals surface area contributed by atoms with Crippen molar-refractivity contribution in [1.29, 1.82) is 0 Å². The van der Waals surface area contributed by atoms with Gasteiger partial charge in [-0.2, -0.15) is 0 Å². The average Bonchev–Trinajstić information content (AvgIpc) is 3.30. The third kappa shape index (κ3) is 3.55. The first kappa shape index (κ1) is 20.0. The van der Waals surface area contributed by atoms with Crippen LogP contribution in [0.25, 0.3) is 11.1 Å². The van der Waals surface area contributed by atoms with Gasteiger partial charge in [-0.05, 0) is 36.4 Å². The summed E-state index contributed by atoms with van der Waals surface area (Å²) in [7, 11) is 0. The highest BCUT2D eigenvalue weighted by Gasteiger charge is 2.33. The van der Waals surface area contributed by atoms with Gasteiger partial charge in [-0.1, -0.05) is 0 Å². The van der Waals surface area contributed by atoms with Crippen LogP contribution in [0.1, 0.15) is 0 Å². The maximum atomic E-state index is 14.7. The van der Waals surface area contributed by atoms with Crippen LogP contribution in [-0.4, -0.2) is 60.9 Å². The molecule has 8 nitrogen and oxygen atoms in total. The molecular formula is C20H18F2N2O6. The van der Waals surface area contributed by atoms with Crippen LogP contribution in [-0.2, 0) is 9.47 Å². The fourth-order valence-electron chi connectivity index (χ4n) is 3.44. The number of carbonyl (C=O) groups is 2. The Bertz CT molecular complexity index is 922. The van der Waals surface area contributed by atoms with Gasteiger partial charge in [0.05, 0.1) is 37.7 Å². The number of aliphatic hydroxyl groups is 2. The van der Waals surface area contributed by atoms with E-state index in [1.165, 1.54) is 34.1 Å². The molecule has 0 saturated carbocycles. The van der Waals surface area contributed by atoms with Crippen molar-refractivity contribution in [1.82, 2.24) is 0 Å². The first-order valence-corrected chi connectivity index (χ1v) is 9.18. The van der Waals surface area contributed by atoms with Crippen LogP contribution in [0, 0.1) is 11.6 Å². The van der Waals surface area contributed by atoms with Crippen LogP contribution < -0.4 is 9.80 Å². The number of cyclic esters (lactones) is 2. The summed E-state index contributed by atoms with van der Waals surface area (Å²) in [5.74, 6) is -1.50. The number of halogens is 2. The summed E-state index contributed by atoms with van der Waals surface area (Å²) in [4.78, 5) is 26.1. The molecule has 158 valence electrons. The molecule has 0 spiro atoms. The van der Waals surface area contributed by atoms with Gasteiger partial charge in [0.25, 0.3) is 0 Å². The number of anilines is 2. The Hall–Kier alpha value is -3.24. The van der Waals surface area contributed by atoms with Crippen LogP contribution in [0.2, 0.25) is 0 Å². The number of ether oxygens (including phenoxy) is 2. The van der Waals surface area contributed by atoms with Crippen molar-refractivity contribution >= 4 is 23.6 Å². The molecule has 2 aromatic carbocycles. The first-order chi connectivity index (χ1) is 14.4. The third-order valence-electron chi connectivity index (χ3n) is 4.97. The van der Waals surface area contributed by atoms with Gasteiger partial charge in [0.2, 0.25) is 0 Å². The van der Waals surface area contributed by atoms with Gasteiger partial charge >= 0.3 is 12.2 Å². The quantitative estimate of drug-likeness (QED) is 0.770. The van der Waals surface area contributed by atoms with Crippen molar-refractivity contribution in [3.8, 4) is 11.1 Å². The molecule has 0 radical (unpaired) electrons. The van der Waals surface area contributed by atoms with Crippen molar-refractivity contribution in [2.24, 2.45) is 0 Å². The number of carbonyl (C=O) groups excluding carboxylic acids is 2. The Morgan fingerprint density at radius 2 is 1.20 bits per heavy atom. The van der Waals surface area contributed by atoms with Crippen LogP contribution in [0.5, 0.6) is 0 Å². The van der Waals surface area contributed by atoms with Gasteiger partial charge in [-0.25, -0.2) is 18.4 Å². The number of nitrogens with zero attached hydrogens (tertiary/aromatic N) is 2. The Balaban J connectivity index is 1.59. The largest absolute Gasteiger partial charge is 0.441 e. The molecule has 2 heterocycles. The van der Waals surface area contributed by atoms with E-state index in [9.17, 15) is 18.4 Å². The van der Waals surface area contributed by atoms with Crippen molar-refractivity contribution in [3.63, 3.8) is 0 Å². The Morgan fingerprint density at radius 3 is 1.50 bits per heavy atom. The highest BCUT2D eigenvalue weighted by atomic mass is 19.1. The van der Waals surface area contributed by atoms with E-state index in [-0.39, 0.29) is 48.8 Å². The SMILES string of the molecule is O=C1O[C@@H](CO)CN1c1ccc(-c2ccc(N3C[C@H](CO)OC3=O)cc2F)c(F)c1. The van der Waals surface area contributed by atoms with Gasteiger partial charge in [0, 0.05) is 11.1 Å². The monoisotopic (exact) mass is 420 g/mol. The predicted octanol–water partition coefficient (Wildman–Crippen LogP) is 2.27. The zero-order valence-corrected chi connectivity index (χ0v) is 15.6. The van der Waals surface area contributed by atoms with E-state index in [1.54, 1.807) is 0 Å². The van der Waals surface area contributed by atoms with Gasteiger partial charge in [0.1, 0.15) is 23.8 Å². The molecule has 2 atom stereocenters. The Morgan fingerprint density at radius 1 is 0.800 bits per heavy atom. The van der Waals surface area contributed by atoms with Crippen LogP contribution in [0.15, 0.2) is 36.4 Å². The third-order valence-corrected chi connectivity index (χ3v) is 4.97. The van der Waals surface area contributed by atoms with Crippen molar-refractivity contribution in [3.05, 3.63) is 48.0 Å². The molecule has 2 amide bonds. The van der Waals surface area contributed by atoms with E-state index in [0.29, 0.717) is 0 Å². The maximum absolute atomic E-state index is 14.7. The summed E-state index contributed by atoms with van der Waals surface area (Å²) in [6.45, 7) is -0.524. The molecule has 0 aromatic heterocycles. The minimum atomic E-state index is -0.750. The minimum Gasteiger partial charge on any atom is -0.441 e. The highest BCUT2D eigenvalue weighted by Crippen LogP contribution is 2.33. The van der Waals surface area contributed by atoms with Crippen LogP contribution in [0.4, 0.5) is 29.7 Å². The molecule has 2 aliphatic rings. The van der Waals surface area contributed by atoms with E-state index in [2.05, 4.69) is 0 Å². The number of amides is 2. The number of hydrogen-bond donors (Lipinski definition) is 2. The average molecular weight is 420 g/mol. The molecular weight excluding hydrogens is 402 g/mol. The Labute approximate surface area is 169 Å². The fraction of sp³-hybridized carbons (Fsp3) is 0.300. The predicted molar refractivity (Wildman–Crippen MR) is 101 cm³/mol. The topological polar surface area (TPSA) is 99.5 Å². The molecule has 0 unspecified atom stereocenters. The smallest absolute Gasteiger partial charge is 0.414 e. The van der Waals surface area contributed by atoms with Crippen LogP contribution >= 0.6 is 0 Å². The minimum absolute atomic E-state index is 0.0219. The van der Waals surface area contributed by atoms with Gasteiger partial charge in [0.15, 0.2) is 0 Å². The lowest BCUT2D eigenvalue weighted by molar-refractivity contribution is 0.0960. The lowest BCUT2D eigenvalue weighted by Crippen LogP contribution is -2.25. The van der Waals surface area contributed by atoms with Gasteiger partial charge in [-0.3, -0.25) is 9.80 Å². The molecule has 2 aromatic rings. The molecule has 30 heavy (non-hydrogen) atoms. The molecule has 10 heteroatoms. The van der Waals surface area contributed by atoms with Crippen molar-refractivity contribution in [2.75, 3.05) is 36.1 Å². The molecule has 2 aliphatic heterocycles. The molecule has 2 N–H and O–H groups in total. The van der Waals surface area contributed by atoms with E-state index in [1.807, 2.05) is 0 Å². The summed E-state index contributed by atoms with van der Waals surface area (Å²) in [6, 6.07) is 7.77. The Kier molecular flexibility index (Phi) is 5.27. The second-order valence-electron chi connectivity index (χ2n) is 6.93. The van der Waals surface area contributed by atoms with Crippen molar-refractivity contribution < 1.29 is 38.1 Å². The molecule has 0 bridgehead atoms. The maximum Gasteiger partial charge on any atom is 0.414 e. The van der Waals surface area contributed by atoms with E-state index >= 15 is 0 Å². The summed E-state index contributed by atoms with van der Waals surface area (Å²) >= 11 is 0. The number of aliphatic hydroxyl groups excluding tert-OH is 2. The van der Waals surface area contributed by atoms with E-state index in [4.69, 9.17) is 19.7 Å². The number of rotatable bonds is 5. The van der Waals surface area contributed by atoms with Gasteiger partial charge < -0.3 is 19.7 Å². The number of hydrogen-bond acceptors (Lipinski definition) is 6. The molecule has 4 rings (SSSR count). The second kappa shape index (κ2) is 7.88. The molecule has 0 aliphatic carbocycles. The first-order valence-electron chi connectivity index (χ1n) is 9.18. The molecule has 2 saturated heterocycles. The second-order valence-corrected chi connectivity index (χ2v) is 6.93. The summed E-state index contributed by atoms with van der Waals surface area (Å²) in [5.41, 5.74) is 0.408. The lowest BCUT2D eigenvalue weighted by atomic mass is 10.0. The fourth-order valence-corrected chi connectivity index (χ4v) is 3.44. The zero-order chi connectivity index (χ0) is 21.4. The normalized spacial score (nSPS) is 21.2. The highest BCUT2D eigenvalue weighted by molar-refractivity contribution is 5.91. The lowest BCUT2D eigenvalue weighted by Gasteiger charge is -2.16. The van der Waals surface area contributed by atoms with Crippen molar-refractivity contribution in [2.45, 2.75) is 12.2 Å². The van der Waals surface area contributed by atoms with Crippen LogP contribution in [0.3, 0.4) is 0 Å². The standard InChI is InChI=1S/C20H18F2N2O6/c21-17-5-11(23-7-13(9-25)29-19(23)27)1-3-15(17)16-4-2-12(6-18(16)22)24-8-14(10-26)30-20(24)28/h1-6,13-14,25-26H,7-10H2/t13-,14-/m1/s1.